The van der Waals surface area contributed by atoms with Gasteiger partial charge in [0.05, 0.1) is 0 Å². The molecule has 0 amide bonds. The second kappa shape index (κ2) is 6.43. The molecule has 2 nitrogen and oxygen atoms in total. The summed E-state index contributed by atoms with van der Waals surface area (Å²) in [5.41, 5.74) is -0.318. The van der Waals surface area contributed by atoms with Gasteiger partial charge in [-0.3, -0.25) is 4.98 Å². The molecule has 0 atom stereocenters. The van der Waals surface area contributed by atoms with E-state index in [1.807, 2.05) is 36.4 Å². The van der Waals surface area contributed by atoms with Gasteiger partial charge in [0, 0.05) is 22.1 Å². The Morgan fingerprint density at radius 2 is 1.26 bits per heavy atom. The molecular weight excluding hydrogens is 315 g/mol. The Hall–Kier alpha value is -2.32. The smallest absolute Gasteiger partial charge is 0.280 e. The zero-order chi connectivity index (χ0) is 16.3. The number of hydrogen-bond acceptors (Lipinski definition) is 2. The van der Waals surface area contributed by atoms with E-state index in [9.17, 15) is 13.3 Å². The monoisotopic (exact) mass is 329 g/mol. The molecule has 1 heterocycles. The molecule has 0 fully saturated rings. The van der Waals surface area contributed by atoms with Crippen LogP contribution < -0.4 is 15.9 Å². The zero-order valence-electron chi connectivity index (χ0n) is 12.1. The molecule has 0 aliphatic rings. The molecule has 2 aromatic carbocycles. The number of aromatic nitrogens is 1. The molecule has 0 saturated heterocycles. The van der Waals surface area contributed by atoms with Gasteiger partial charge in [-0.2, -0.15) is 0 Å². The average molecular weight is 329 g/mol. The molecule has 3 rings (SSSR count). The van der Waals surface area contributed by atoms with Gasteiger partial charge in [0.25, 0.3) is 6.43 Å². The van der Waals surface area contributed by atoms with Crippen LogP contribution in [0.25, 0.3) is 0 Å². The van der Waals surface area contributed by atoms with Gasteiger partial charge in [-0.05, 0) is 12.1 Å². The third-order valence-electron chi connectivity index (χ3n) is 3.60. The zero-order valence-corrected chi connectivity index (χ0v) is 13.0. The van der Waals surface area contributed by atoms with Crippen LogP contribution >= 0.6 is 7.14 Å². The van der Waals surface area contributed by atoms with Crippen molar-refractivity contribution in [3.63, 3.8) is 0 Å². The van der Waals surface area contributed by atoms with E-state index in [1.165, 1.54) is 18.3 Å². The van der Waals surface area contributed by atoms with Crippen molar-refractivity contribution in [1.29, 1.82) is 0 Å². The summed E-state index contributed by atoms with van der Waals surface area (Å²) < 4.78 is 39.3. The van der Waals surface area contributed by atoms with E-state index in [2.05, 4.69) is 4.98 Å². The average Bonchev–Trinajstić information content (AvgIpc) is 2.62. The highest BCUT2D eigenvalue weighted by Crippen LogP contribution is 2.42. The number of hydrogen-bond donors (Lipinski definition) is 0. The van der Waals surface area contributed by atoms with Gasteiger partial charge in [-0.1, -0.05) is 60.7 Å². The van der Waals surface area contributed by atoms with Gasteiger partial charge in [0.1, 0.15) is 5.69 Å². The number of alkyl halides is 2. The lowest BCUT2D eigenvalue weighted by Crippen LogP contribution is -2.25. The minimum absolute atomic E-state index is 0.318. The van der Waals surface area contributed by atoms with Crippen molar-refractivity contribution in [2.24, 2.45) is 0 Å². The molecule has 0 spiro atoms. The molecule has 116 valence electrons. The van der Waals surface area contributed by atoms with Crippen LogP contribution in [0.2, 0.25) is 0 Å². The maximum atomic E-state index is 13.9. The minimum Gasteiger partial charge on any atom is -0.309 e. The predicted octanol–water partition coefficient (Wildman–Crippen LogP) is 3.66. The SMILES string of the molecule is O=P(c1ccccc1)(c1ccccc1)c1ccc(C(F)F)nc1. The molecule has 23 heavy (non-hydrogen) atoms. The van der Waals surface area contributed by atoms with Gasteiger partial charge >= 0.3 is 0 Å². The standard InChI is InChI=1S/C18H14F2NOP/c19-18(20)17-12-11-16(13-21-17)23(22,14-7-3-1-4-8-14)15-9-5-2-6-10-15/h1-13,18H. The fraction of sp³-hybridized carbons (Fsp3) is 0.0556. The minimum atomic E-state index is -3.13. The maximum Gasteiger partial charge on any atom is 0.280 e. The van der Waals surface area contributed by atoms with Gasteiger partial charge in [0.2, 0.25) is 0 Å². The molecule has 0 N–H and O–H groups in total. The summed E-state index contributed by atoms with van der Waals surface area (Å²) >= 11 is 0. The topological polar surface area (TPSA) is 30.0 Å². The Morgan fingerprint density at radius 1 is 0.739 bits per heavy atom. The molecule has 0 aliphatic carbocycles. The van der Waals surface area contributed by atoms with E-state index in [4.69, 9.17) is 0 Å². The van der Waals surface area contributed by atoms with Crippen LogP contribution in [0.4, 0.5) is 8.78 Å². The van der Waals surface area contributed by atoms with Gasteiger partial charge in [-0.25, -0.2) is 8.78 Å². The fourth-order valence-corrected chi connectivity index (χ4v) is 5.02. The molecule has 5 heteroatoms. The first-order valence-corrected chi connectivity index (χ1v) is 8.79. The molecular formula is C18H14F2NOP. The van der Waals surface area contributed by atoms with E-state index in [0.717, 1.165) is 0 Å². The predicted molar refractivity (Wildman–Crippen MR) is 88.6 cm³/mol. The molecule has 0 bridgehead atoms. The van der Waals surface area contributed by atoms with Crippen LogP contribution in [0.1, 0.15) is 12.1 Å². The highest BCUT2D eigenvalue weighted by Gasteiger charge is 2.30. The van der Waals surface area contributed by atoms with Crippen molar-refractivity contribution in [2.75, 3.05) is 0 Å². The van der Waals surface area contributed by atoms with Crippen LogP contribution in [-0.2, 0) is 4.57 Å². The number of benzene rings is 2. The van der Waals surface area contributed by atoms with Crippen LogP contribution in [0.3, 0.4) is 0 Å². The molecule has 0 radical (unpaired) electrons. The summed E-state index contributed by atoms with van der Waals surface area (Å²) in [5.74, 6) is 0. The summed E-state index contributed by atoms with van der Waals surface area (Å²) in [6.07, 6.45) is -1.35. The van der Waals surface area contributed by atoms with Gasteiger partial charge in [-0.15, -0.1) is 0 Å². The van der Waals surface area contributed by atoms with Crippen LogP contribution in [-0.4, -0.2) is 4.98 Å². The number of pyridine rings is 1. The summed E-state index contributed by atoms with van der Waals surface area (Å²) in [4.78, 5) is 3.77. The van der Waals surface area contributed by atoms with E-state index < -0.39 is 13.6 Å². The normalized spacial score (nSPS) is 11.6. The molecule has 0 saturated carbocycles. The lowest BCUT2D eigenvalue weighted by Gasteiger charge is -2.19. The summed E-state index contributed by atoms with van der Waals surface area (Å²) in [6, 6.07) is 20.8. The van der Waals surface area contributed by atoms with Crippen molar-refractivity contribution in [3.05, 3.63) is 84.7 Å². The number of nitrogens with zero attached hydrogens (tertiary/aromatic N) is 1. The van der Waals surface area contributed by atoms with Crippen LogP contribution in [0, 0.1) is 0 Å². The number of rotatable bonds is 4. The molecule has 3 aromatic rings. The Balaban J connectivity index is 2.19. The molecule has 0 aliphatic heterocycles. The first-order valence-electron chi connectivity index (χ1n) is 7.08. The lowest BCUT2D eigenvalue weighted by atomic mass is 10.3. The van der Waals surface area contributed by atoms with Crippen molar-refractivity contribution >= 4 is 23.1 Å². The van der Waals surface area contributed by atoms with E-state index in [1.54, 1.807) is 24.3 Å². The fourth-order valence-electron chi connectivity index (χ4n) is 2.44. The first-order chi connectivity index (χ1) is 11.1. The summed E-state index contributed by atoms with van der Waals surface area (Å²) in [6.45, 7) is 0. The highest BCUT2D eigenvalue weighted by molar-refractivity contribution is 7.85. The Labute approximate surface area is 133 Å². The maximum absolute atomic E-state index is 13.9. The summed E-state index contributed by atoms with van der Waals surface area (Å²) in [7, 11) is -3.13. The van der Waals surface area contributed by atoms with Crippen LogP contribution in [0.5, 0.6) is 0 Å². The van der Waals surface area contributed by atoms with Crippen molar-refractivity contribution in [1.82, 2.24) is 4.98 Å². The van der Waals surface area contributed by atoms with Gasteiger partial charge in [0.15, 0.2) is 7.14 Å². The third-order valence-corrected chi connectivity index (χ3v) is 6.64. The largest absolute Gasteiger partial charge is 0.309 e. The molecule has 0 unspecified atom stereocenters. The Bertz CT molecular complexity index is 777. The highest BCUT2D eigenvalue weighted by atomic mass is 31.2. The van der Waals surface area contributed by atoms with Gasteiger partial charge < -0.3 is 4.57 Å². The first kappa shape index (κ1) is 15.6. The van der Waals surface area contributed by atoms with E-state index >= 15 is 0 Å². The van der Waals surface area contributed by atoms with Crippen LogP contribution in [0.15, 0.2) is 79.0 Å². The Morgan fingerprint density at radius 3 is 1.65 bits per heavy atom. The second-order valence-electron chi connectivity index (χ2n) is 5.02. The number of halogens is 2. The third kappa shape index (κ3) is 2.95. The van der Waals surface area contributed by atoms with Crippen molar-refractivity contribution < 1.29 is 13.3 Å². The van der Waals surface area contributed by atoms with E-state index in [0.29, 0.717) is 15.9 Å². The molecule has 1 aromatic heterocycles. The quantitative estimate of drug-likeness (QED) is 0.684. The van der Waals surface area contributed by atoms with E-state index in [-0.39, 0.29) is 5.69 Å². The van der Waals surface area contributed by atoms with Crippen molar-refractivity contribution in [2.45, 2.75) is 6.43 Å². The Kier molecular flexibility index (Phi) is 4.35. The van der Waals surface area contributed by atoms with Crippen molar-refractivity contribution in [3.8, 4) is 0 Å². The lowest BCUT2D eigenvalue weighted by molar-refractivity contribution is 0.146. The summed E-state index contributed by atoms with van der Waals surface area (Å²) in [5, 5.41) is 1.75. The second-order valence-corrected chi connectivity index (χ2v) is 7.79.